The minimum absolute atomic E-state index is 0.0157. The van der Waals surface area contributed by atoms with Crippen LogP contribution in [0.5, 0.6) is 0 Å². The molecule has 0 radical (unpaired) electrons. The Morgan fingerprint density at radius 3 is 2.48 bits per heavy atom. The van der Waals surface area contributed by atoms with Gasteiger partial charge in [-0.15, -0.1) is 0 Å². The lowest BCUT2D eigenvalue weighted by Gasteiger charge is -2.44. The molecule has 1 heterocycles. The van der Waals surface area contributed by atoms with Crippen molar-refractivity contribution < 1.29 is 14.7 Å². The Hall–Kier alpha value is -2.66. The van der Waals surface area contributed by atoms with Gasteiger partial charge in [0.25, 0.3) is 0 Å². The highest BCUT2D eigenvalue weighted by Crippen LogP contribution is 2.32. The van der Waals surface area contributed by atoms with Crippen LogP contribution in [-0.4, -0.2) is 46.4 Å². The van der Waals surface area contributed by atoms with Crippen molar-refractivity contribution in [1.82, 2.24) is 4.90 Å². The predicted octanol–water partition coefficient (Wildman–Crippen LogP) is 4.24. The molecule has 5 nitrogen and oxygen atoms in total. The van der Waals surface area contributed by atoms with Crippen LogP contribution >= 0.6 is 0 Å². The average molecular weight is 395 g/mol. The number of rotatable bonds is 8. The molecule has 2 aromatic rings. The van der Waals surface area contributed by atoms with Gasteiger partial charge in [0.15, 0.2) is 5.78 Å². The highest BCUT2D eigenvalue weighted by atomic mass is 16.4. The number of carboxylic acid groups (broad SMARTS) is 1. The van der Waals surface area contributed by atoms with E-state index in [0.29, 0.717) is 37.1 Å². The van der Waals surface area contributed by atoms with Crippen LogP contribution in [0.2, 0.25) is 0 Å². The SMILES string of the molecule is CCC(=O)c1ccccc1NC1(C(=O)O)CCN(CCc2ccccc2)C(C)C1. The summed E-state index contributed by atoms with van der Waals surface area (Å²) in [6, 6.07) is 17.7. The lowest BCUT2D eigenvalue weighted by molar-refractivity contribution is -0.144. The van der Waals surface area contributed by atoms with Crippen LogP contribution in [0, 0.1) is 0 Å². The predicted molar refractivity (Wildman–Crippen MR) is 115 cm³/mol. The first-order chi connectivity index (χ1) is 13.9. The molecular formula is C24H30N2O3. The molecule has 1 fully saturated rings. The van der Waals surface area contributed by atoms with Gasteiger partial charge in [-0.3, -0.25) is 4.79 Å². The largest absolute Gasteiger partial charge is 0.480 e. The zero-order valence-electron chi connectivity index (χ0n) is 17.2. The van der Waals surface area contributed by atoms with Crippen LogP contribution in [0.4, 0.5) is 5.69 Å². The summed E-state index contributed by atoms with van der Waals surface area (Å²) >= 11 is 0. The molecule has 154 valence electrons. The van der Waals surface area contributed by atoms with Gasteiger partial charge in [-0.25, -0.2) is 4.79 Å². The number of carbonyl (C=O) groups excluding carboxylic acids is 1. The number of benzene rings is 2. The van der Waals surface area contributed by atoms with Gasteiger partial charge in [-0.1, -0.05) is 49.4 Å². The van der Waals surface area contributed by atoms with Crippen molar-refractivity contribution in [2.45, 2.75) is 51.1 Å². The van der Waals surface area contributed by atoms with Crippen molar-refractivity contribution >= 4 is 17.4 Å². The van der Waals surface area contributed by atoms with E-state index in [4.69, 9.17) is 0 Å². The molecule has 1 aliphatic heterocycles. The number of hydrogen-bond donors (Lipinski definition) is 2. The number of anilines is 1. The summed E-state index contributed by atoms with van der Waals surface area (Å²) in [5, 5.41) is 13.3. The minimum atomic E-state index is -1.06. The third-order valence-electron chi connectivity index (χ3n) is 5.96. The van der Waals surface area contributed by atoms with Gasteiger partial charge in [0.05, 0.1) is 0 Å². The quantitative estimate of drug-likeness (QED) is 0.656. The lowest BCUT2D eigenvalue weighted by atomic mass is 9.82. The third kappa shape index (κ3) is 4.85. The first-order valence-corrected chi connectivity index (χ1v) is 10.4. The molecule has 0 spiro atoms. The van der Waals surface area contributed by atoms with Crippen molar-refractivity contribution in [2.75, 3.05) is 18.4 Å². The van der Waals surface area contributed by atoms with Gasteiger partial charge in [-0.2, -0.15) is 0 Å². The Morgan fingerprint density at radius 2 is 1.83 bits per heavy atom. The van der Waals surface area contributed by atoms with Crippen molar-refractivity contribution in [2.24, 2.45) is 0 Å². The molecule has 1 aliphatic rings. The van der Waals surface area contributed by atoms with E-state index in [9.17, 15) is 14.7 Å². The monoisotopic (exact) mass is 394 g/mol. The molecule has 29 heavy (non-hydrogen) atoms. The lowest BCUT2D eigenvalue weighted by Crippen LogP contribution is -2.57. The first-order valence-electron chi connectivity index (χ1n) is 10.4. The summed E-state index contributed by atoms with van der Waals surface area (Å²) in [5.74, 6) is -0.840. The van der Waals surface area contributed by atoms with E-state index in [1.165, 1.54) is 5.56 Å². The summed E-state index contributed by atoms with van der Waals surface area (Å²) < 4.78 is 0. The van der Waals surface area contributed by atoms with E-state index in [2.05, 4.69) is 29.3 Å². The van der Waals surface area contributed by atoms with Crippen LogP contribution in [-0.2, 0) is 11.2 Å². The summed E-state index contributed by atoms with van der Waals surface area (Å²) in [5.41, 5.74) is 1.41. The number of carboxylic acids is 1. The number of para-hydroxylation sites is 1. The molecule has 0 amide bonds. The second kappa shape index (κ2) is 9.23. The molecule has 5 heteroatoms. The third-order valence-corrected chi connectivity index (χ3v) is 5.96. The first kappa shape index (κ1) is 21.1. The Labute approximate surface area is 172 Å². The number of piperidine rings is 1. The second-order valence-corrected chi connectivity index (χ2v) is 7.91. The van der Waals surface area contributed by atoms with Crippen LogP contribution in [0.1, 0.15) is 49.0 Å². The van der Waals surface area contributed by atoms with E-state index < -0.39 is 11.5 Å². The van der Waals surface area contributed by atoms with Gasteiger partial charge < -0.3 is 15.3 Å². The van der Waals surface area contributed by atoms with Crippen molar-refractivity contribution in [3.8, 4) is 0 Å². The minimum Gasteiger partial charge on any atom is -0.480 e. The van der Waals surface area contributed by atoms with E-state index in [0.717, 1.165) is 13.0 Å². The molecule has 2 atom stereocenters. The number of nitrogens with one attached hydrogen (secondary N) is 1. The normalized spacial score (nSPS) is 22.2. The van der Waals surface area contributed by atoms with Gasteiger partial charge in [-0.05, 0) is 43.9 Å². The molecule has 2 N–H and O–H groups in total. The smallest absolute Gasteiger partial charge is 0.329 e. The fourth-order valence-electron chi connectivity index (χ4n) is 4.18. The average Bonchev–Trinajstić information content (AvgIpc) is 2.73. The number of aliphatic carboxylic acids is 1. The van der Waals surface area contributed by atoms with E-state index in [-0.39, 0.29) is 11.8 Å². The molecule has 0 saturated carbocycles. The Balaban J connectivity index is 1.73. The number of Topliss-reactive ketones (excluding diaryl/α,β-unsaturated/α-hetero) is 1. The van der Waals surface area contributed by atoms with Gasteiger partial charge in [0, 0.05) is 36.8 Å². The highest BCUT2D eigenvalue weighted by Gasteiger charge is 2.44. The van der Waals surface area contributed by atoms with Gasteiger partial charge >= 0.3 is 5.97 Å². The molecule has 0 bridgehead atoms. The fraction of sp³-hybridized carbons (Fsp3) is 0.417. The maximum absolute atomic E-state index is 12.3. The summed E-state index contributed by atoms with van der Waals surface area (Å²) in [6.45, 7) is 5.52. The maximum atomic E-state index is 12.3. The van der Waals surface area contributed by atoms with E-state index >= 15 is 0 Å². The molecule has 0 aromatic heterocycles. The Bertz CT molecular complexity index is 852. The molecule has 1 saturated heterocycles. The van der Waals surface area contributed by atoms with Crippen LogP contribution in [0.3, 0.4) is 0 Å². The molecule has 3 rings (SSSR count). The zero-order chi connectivity index (χ0) is 20.9. The summed E-state index contributed by atoms with van der Waals surface area (Å²) in [6.07, 6.45) is 2.33. The van der Waals surface area contributed by atoms with E-state index in [1.54, 1.807) is 12.1 Å². The molecule has 2 aromatic carbocycles. The van der Waals surface area contributed by atoms with Crippen LogP contribution < -0.4 is 5.32 Å². The number of hydrogen-bond acceptors (Lipinski definition) is 4. The number of nitrogens with zero attached hydrogens (tertiary/aromatic N) is 1. The van der Waals surface area contributed by atoms with Crippen molar-refractivity contribution in [3.63, 3.8) is 0 Å². The standard InChI is InChI=1S/C24H30N2O3/c1-3-22(27)20-11-7-8-12-21(20)25-24(23(28)29)14-16-26(18(2)17-24)15-13-19-9-5-4-6-10-19/h4-12,18,25H,3,13-17H2,1-2H3,(H,28,29). The number of likely N-dealkylation sites (tertiary alicyclic amines) is 1. The molecule has 0 aliphatic carbocycles. The van der Waals surface area contributed by atoms with Crippen molar-refractivity contribution in [1.29, 1.82) is 0 Å². The summed E-state index contributed by atoms with van der Waals surface area (Å²) in [7, 11) is 0. The zero-order valence-corrected chi connectivity index (χ0v) is 17.2. The Kier molecular flexibility index (Phi) is 6.70. The van der Waals surface area contributed by atoms with Gasteiger partial charge in [0.1, 0.15) is 5.54 Å². The second-order valence-electron chi connectivity index (χ2n) is 7.91. The van der Waals surface area contributed by atoms with Gasteiger partial charge in [0.2, 0.25) is 0 Å². The fourth-order valence-corrected chi connectivity index (χ4v) is 4.18. The molecule has 2 unspecified atom stereocenters. The van der Waals surface area contributed by atoms with E-state index in [1.807, 2.05) is 37.3 Å². The highest BCUT2D eigenvalue weighted by molar-refractivity contribution is 6.01. The van der Waals surface area contributed by atoms with Crippen LogP contribution in [0.25, 0.3) is 0 Å². The Morgan fingerprint density at radius 1 is 1.14 bits per heavy atom. The summed E-state index contributed by atoms with van der Waals surface area (Å²) in [4.78, 5) is 26.9. The van der Waals surface area contributed by atoms with Crippen molar-refractivity contribution in [3.05, 3.63) is 65.7 Å². The number of carbonyl (C=O) groups is 2. The molecular weight excluding hydrogens is 364 g/mol. The van der Waals surface area contributed by atoms with Crippen LogP contribution in [0.15, 0.2) is 54.6 Å². The topological polar surface area (TPSA) is 69.6 Å². The maximum Gasteiger partial charge on any atom is 0.329 e. The number of ketones is 1.